The zero-order chi connectivity index (χ0) is 20.8. The van der Waals surface area contributed by atoms with E-state index in [2.05, 4.69) is 18.0 Å². The van der Waals surface area contributed by atoms with E-state index in [0.717, 1.165) is 16.0 Å². The van der Waals surface area contributed by atoms with Crippen molar-refractivity contribution >= 4 is 45.8 Å². The normalized spacial score (nSPS) is 15.4. The highest BCUT2D eigenvalue weighted by Crippen LogP contribution is 2.38. The van der Waals surface area contributed by atoms with Crippen molar-refractivity contribution in [3.8, 4) is 6.07 Å². The Balaban J connectivity index is 1.68. The van der Waals surface area contributed by atoms with E-state index in [-0.39, 0.29) is 18.1 Å². The third-order valence-electron chi connectivity index (χ3n) is 4.52. The van der Waals surface area contributed by atoms with Crippen molar-refractivity contribution in [1.29, 1.82) is 5.26 Å². The summed E-state index contributed by atoms with van der Waals surface area (Å²) in [5.74, 6) is -0.277. The van der Waals surface area contributed by atoms with Crippen LogP contribution in [0.3, 0.4) is 0 Å². The number of nitriles is 1. The monoisotopic (exact) mass is 427 g/mol. The maximum Gasteiger partial charge on any atom is 0.410 e. The van der Waals surface area contributed by atoms with Gasteiger partial charge in [0, 0.05) is 31.0 Å². The number of hydrogen-bond donors (Lipinski definition) is 1. The molecule has 1 atom stereocenters. The molecular formula is C21H21N3O3S2. The number of hydrogen-bond acceptors (Lipinski definition) is 6. The third-order valence-corrected chi connectivity index (χ3v) is 6.39. The van der Waals surface area contributed by atoms with E-state index >= 15 is 0 Å². The number of amides is 2. The summed E-state index contributed by atoms with van der Waals surface area (Å²) in [6, 6.07) is 4.14. The molecule has 2 amide bonds. The zero-order valence-corrected chi connectivity index (χ0v) is 17.6. The van der Waals surface area contributed by atoms with Crippen LogP contribution in [0.25, 0.3) is 6.08 Å². The average molecular weight is 428 g/mol. The molecule has 8 heteroatoms. The van der Waals surface area contributed by atoms with Crippen molar-refractivity contribution in [3.63, 3.8) is 0 Å². The first-order valence-electron chi connectivity index (χ1n) is 9.10. The van der Waals surface area contributed by atoms with Crippen LogP contribution < -0.4 is 5.32 Å². The minimum absolute atomic E-state index is 0.241. The highest BCUT2D eigenvalue weighted by molar-refractivity contribution is 7.16. The van der Waals surface area contributed by atoms with Crippen LogP contribution in [0.1, 0.15) is 28.0 Å². The van der Waals surface area contributed by atoms with E-state index < -0.39 is 0 Å². The molecule has 2 heterocycles. The van der Waals surface area contributed by atoms with Gasteiger partial charge in [0.05, 0.1) is 5.56 Å². The Labute approximate surface area is 177 Å². The molecule has 0 aromatic carbocycles. The highest BCUT2D eigenvalue weighted by atomic mass is 32.1. The van der Waals surface area contributed by atoms with Gasteiger partial charge in [-0.25, -0.2) is 4.79 Å². The number of likely N-dealkylation sites (N-methyl/N-ethyl adjacent to an activating group) is 1. The Bertz CT molecular complexity index is 970. The quantitative estimate of drug-likeness (QED) is 0.546. The first-order chi connectivity index (χ1) is 14.0. The number of thiophene rings is 2. The summed E-state index contributed by atoms with van der Waals surface area (Å²) < 4.78 is 5.57. The summed E-state index contributed by atoms with van der Waals surface area (Å²) in [4.78, 5) is 26.8. The fraction of sp³-hybridized carbons (Fsp3) is 0.286. The van der Waals surface area contributed by atoms with Crippen LogP contribution in [-0.4, -0.2) is 36.6 Å². The molecule has 29 heavy (non-hydrogen) atoms. The summed E-state index contributed by atoms with van der Waals surface area (Å²) >= 11 is 2.94. The van der Waals surface area contributed by atoms with E-state index in [0.29, 0.717) is 36.4 Å². The van der Waals surface area contributed by atoms with E-state index in [9.17, 15) is 14.9 Å². The fourth-order valence-corrected chi connectivity index (χ4v) is 4.95. The molecule has 3 rings (SSSR count). The summed E-state index contributed by atoms with van der Waals surface area (Å²) in [5, 5.41) is 16.8. The molecule has 0 saturated carbocycles. The van der Waals surface area contributed by atoms with Gasteiger partial charge in [0.25, 0.3) is 0 Å². The molecule has 1 aliphatic rings. The molecule has 0 spiro atoms. The maximum atomic E-state index is 12.3. The second-order valence-electron chi connectivity index (χ2n) is 6.62. The highest BCUT2D eigenvalue weighted by Gasteiger charge is 2.28. The SMILES string of the molecule is C=CCN(C)C(=O)OC1CCc2c(sc(NC(=O)C=Cc3ccsc3)c2C#N)C1. The predicted molar refractivity (Wildman–Crippen MR) is 116 cm³/mol. The van der Waals surface area contributed by atoms with Gasteiger partial charge in [-0.3, -0.25) is 4.79 Å². The van der Waals surface area contributed by atoms with Gasteiger partial charge in [-0.2, -0.15) is 16.6 Å². The van der Waals surface area contributed by atoms with Crippen LogP contribution in [0.4, 0.5) is 9.80 Å². The molecule has 0 saturated heterocycles. The first-order valence-corrected chi connectivity index (χ1v) is 10.9. The van der Waals surface area contributed by atoms with Gasteiger partial charge in [-0.1, -0.05) is 6.08 Å². The summed E-state index contributed by atoms with van der Waals surface area (Å²) in [6.45, 7) is 4.04. The van der Waals surface area contributed by atoms with Crippen LogP contribution in [0.5, 0.6) is 0 Å². The molecule has 0 fully saturated rings. The molecule has 2 aromatic rings. The summed E-state index contributed by atoms with van der Waals surface area (Å²) in [6.07, 6.45) is 6.04. The van der Waals surface area contributed by atoms with Gasteiger partial charge in [-0.15, -0.1) is 17.9 Å². The molecule has 0 bridgehead atoms. The van der Waals surface area contributed by atoms with Crippen molar-refractivity contribution in [1.82, 2.24) is 4.90 Å². The zero-order valence-electron chi connectivity index (χ0n) is 16.0. The number of nitrogens with one attached hydrogen (secondary N) is 1. The number of fused-ring (bicyclic) bond motifs is 1. The van der Waals surface area contributed by atoms with Gasteiger partial charge in [0.15, 0.2) is 0 Å². The fourth-order valence-electron chi connectivity index (χ4n) is 3.06. The molecule has 1 aliphatic carbocycles. The Morgan fingerprint density at radius 3 is 3.03 bits per heavy atom. The maximum absolute atomic E-state index is 12.3. The molecule has 1 unspecified atom stereocenters. The van der Waals surface area contributed by atoms with Crippen LogP contribution >= 0.6 is 22.7 Å². The van der Waals surface area contributed by atoms with Crippen LogP contribution in [0.15, 0.2) is 35.6 Å². The number of nitrogens with zero attached hydrogens (tertiary/aromatic N) is 2. The molecule has 0 aliphatic heterocycles. The standard InChI is InChI=1S/C21H21N3O3S2/c1-3-9-24(2)21(26)27-15-5-6-16-17(12-22)20(29-18(16)11-15)23-19(25)7-4-14-8-10-28-13-14/h3-4,7-8,10,13,15H,1,5-6,9,11H2,2H3,(H,23,25). The number of carbonyl (C=O) groups is 2. The molecule has 150 valence electrons. The number of ether oxygens (including phenoxy) is 1. The number of anilines is 1. The van der Waals surface area contributed by atoms with Gasteiger partial charge >= 0.3 is 6.09 Å². The second-order valence-corrected chi connectivity index (χ2v) is 8.50. The number of rotatable bonds is 6. The van der Waals surface area contributed by atoms with E-state index in [1.807, 2.05) is 16.8 Å². The van der Waals surface area contributed by atoms with E-state index in [1.165, 1.54) is 22.3 Å². The van der Waals surface area contributed by atoms with Crippen molar-refractivity contribution < 1.29 is 14.3 Å². The molecule has 6 nitrogen and oxygen atoms in total. The Hall–Kier alpha value is -2.89. The molecule has 1 N–H and O–H groups in total. The van der Waals surface area contributed by atoms with E-state index in [1.54, 1.807) is 30.5 Å². The van der Waals surface area contributed by atoms with Gasteiger partial charge in [0.2, 0.25) is 5.91 Å². The average Bonchev–Trinajstić information content (AvgIpc) is 3.33. The van der Waals surface area contributed by atoms with Crippen LogP contribution in [0, 0.1) is 11.3 Å². The lowest BCUT2D eigenvalue weighted by Gasteiger charge is -2.25. The lowest BCUT2D eigenvalue weighted by molar-refractivity contribution is -0.111. The van der Waals surface area contributed by atoms with Gasteiger partial charge in [-0.05, 0) is 46.9 Å². The third kappa shape index (κ3) is 5.13. The topological polar surface area (TPSA) is 82.4 Å². The van der Waals surface area contributed by atoms with Gasteiger partial charge in [0.1, 0.15) is 17.2 Å². The summed E-state index contributed by atoms with van der Waals surface area (Å²) in [5.41, 5.74) is 2.42. The summed E-state index contributed by atoms with van der Waals surface area (Å²) in [7, 11) is 1.66. The molecule has 2 aromatic heterocycles. The van der Waals surface area contributed by atoms with Gasteiger partial charge < -0.3 is 15.0 Å². The smallest absolute Gasteiger partial charge is 0.410 e. The lowest BCUT2D eigenvalue weighted by Crippen LogP contribution is -2.33. The largest absolute Gasteiger partial charge is 0.446 e. The van der Waals surface area contributed by atoms with Crippen molar-refractivity contribution in [2.45, 2.75) is 25.4 Å². The minimum Gasteiger partial charge on any atom is -0.446 e. The Kier molecular flexibility index (Phi) is 6.86. The van der Waals surface area contributed by atoms with Crippen molar-refractivity contribution in [3.05, 3.63) is 57.1 Å². The Morgan fingerprint density at radius 1 is 1.52 bits per heavy atom. The minimum atomic E-state index is -0.387. The number of carbonyl (C=O) groups excluding carboxylic acids is 2. The van der Waals surface area contributed by atoms with Crippen LogP contribution in [-0.2, 0) is 22.4 Å². The Morgan fingerprint density at radius 2 is 2.34 bits per heavy atom. The molecule has 0 radical (unpaired) electrons. The van der Waals surface area contributed by atoms with Crippen molar-refractivity contribution in [2.24, 2.45) is 0 Å². The predicted octanol–water partition coefficient (Wildman–Crippen LogP) is 4.44. The van der Waals surface area contributed by atoms with Crippen LogP contribution in [0.2, 0.25) is 0 Å². The lowest BCUT2D eigenvalue weighted by atomic mass is 9.94. The first kappa shape index (κ1) is 20.8. The van der Waals surface area contributed by atoms with Crippen molar-refractivity contribution in [2.75, 3.05) is 18.9 Å². The van der Waals surface area contributed by atoms with E-state index in [4.69, 9.17) is 4.74 Å². The second kappa shape index (κ2) is 9.54. The molecular weight excluding hydrogens is 406 g/mol.